The number of aromatic nitrogens is 1. The number of hydrogen-bond donors (Lipinski definition) is 1. The van der Waals surface area contributed by atoms with Gasteiger partial charge in [0.05, 0.1) is 17.1 Å². The molecule has 1 aliphatic heterocycles. The molecule has 2 aliphatic rings. The predicted octanol–water partition coefficient (Wildman–Crippen LogP) is 3.27. The highest BCUT2D eigenvalue weighted by molar-refractivity contribution is 5.86. The third kappa shape index (κ3) is 2.61. The second-order valence-corrected chi connectivity index (χ2v) is 6.44. The maximum Gasteiger partial charge on any atom is 0.511 e. The number of pyridine rings is 1. The number of halogens is 2. The Hall–Kier alpha value is -2.64. The van der Waals surface area contributed by atoms with Gasteiger partial charge in [0.1, 0.15) is 11.5 Å². The lowest BCUT2D eigenvalue weighted by Crippen LogP contribution is -2.23. The zero-order valence-corrected chi connectivity index (χ0v) is 13.3. The van der Waals surface area contributed by atoms with E-state index in [0.717, 1.165) is 31.7 Å². The summed E-state index contributed by atoms with van der Waals surface area (Å²) in [4.78, 5) is 24.9. The number of ether oxygens (including phenoxy) is 1. The standard InChI is InChI=1S/C17H16F2N2O4/c18-11-7-10-14(13(19)15(11)20-5-1-2-6-20)21(9-3-4-9)8-12(16(10)22)25-17(23)24/h7-9H,1-6H2,(H,23,24). The molecule has 2 aromatic rings. The first kappa shape index (κ1) is 15.9. The molecule has 1 aromatic carbocycles. The summed E-state index contributed by atoms with van der Waals surface area (Å²) in [5.74, 6) is -2.04. The highest BCUT2D eigenvalue weighted by Crippen LogP contribution is 2.40. The molecule has 8 heteroatoms. The topological polar surface area (TPSA) is 71.8 Å². The number of hydrogen-bond acceptors (Lipinski definition) is 4. The normalized spacial score (nSPS) is 17.3. The monoisotopic (exact) mass is 350 g/mol. The number of anilines is 1. The van der Waals surface area contributed by atoms with Crippen molar-refractivity contribution in [3.63, 3.8) is 0 Å². The molecule has 2 heterocycles. The van der Waals surface area contributed by atoms with E-state index in [1.54, 1.807) is 4.90 Å². The van der Waals surface area contributed by atoms with Crippen molar-refractivity contribution in [1.82, 2.24) is 4.57 Å². The van der Waals surface area contributed by atoms with Crippen molar-refractivity contribution in [2.45, 2.75) is 31.7 Å². The largest absolute Gasteiger partial charge is 0.511 e. The van der Waals surface area contributed by atoms with Crippen molar-refractivity contribution in [2.75, 3.05) is 18.0 Å². The molecular formula is C17H16F2N2O4. The van der Waals surface area contributed by atoms with Gasteiger partial charge in [-0.05, 0) is 31.7 Å². The Morgan fingerprint density at radius 2 is 1.92 bits per heavy atom. The number of carboxylic acid groups (broad SMARTS) is 1. The Kier molecular flexibility index (Phi) is 3.63. The maximum atomic E-state index is 15.2. The summed E-state index contributed by atoms with van der Waals surface area (Å²) in [5, 5.41) is 8.58. The fourth-order valence-corrected chi connectivity index (χ4v) is 3.44. The van der Waals surface area contributed by atoms with Gasteiger partial charge in [-0.3, -0.25) is 4.79 Å². The lowest BCUT2D eigenvalue weighted by atomic mass is 10.1. The van der Waals surface area contributed by atoms with Crippen LogP contribution in [0.3, 0.4) is 0 Å². The Bertz CT molecular complexity index is 931. The van der Waals surface area contributed by atoms with Gasteiger partial charge in [0.25, 0.3) is 0 Å². The summed E-state index contributed by atoms with van der Waals surface area (Å²) >= 11 is 0. The van der Waals surface area contributed by atoms with Gasteiger partial charge in [0.2, 0.25) is 5.43 Å². The van der Waals surface area contributed by atoms with Crippen LogP contribution < -0.4 is 15.1 Å². The van der Waals surface area contributed by atoms with Gasteiger partial charge in [0.15, 0.2) is 11.6 Å². The van der Waals surface area contributed by atoms with Crippen LogP contribution in [-0.4, -0.2) is 28.9 Å². The minimum Gasteiger partial charge on any atom is -0.449 e. The van der Waals surface area contributed by atoms with E-state index >= 15 is 4.39 Å². The average Bonchev–Trinajstić information content (AvgIpc) is 3.26. The smallest absolute Gasteiger partial charge is 0.449 e. The van der Waals surface area contributed by atoms with Crippen LogP contribution in [0, 0.1) is 11.6 Å². The SMILES string of the molecule is O=C(O)Oc1cn(C2CC2)c2c(F)c(N3CCCC3)c(F)cc2c1=O. The lowest BCUT2D eigenvalue weighted by molar-refractivity contribution is 0.143. The first-order valence-electron chi connectivity index (χ1n) is 8.20. The highest BCUT2D eigenvalue weighted by Gasteiger charge is 2.31. The van der Waals surface area contributed by atoms with E-state index in [2.05, 4.69) is 4.74 Å². The van der Waals surface area contributed by atoms with E-state index in [1.807, 2.05) is 0 Å². The molecule has 25 heavy (non-hydrogen) atoms. The second-order valence-electron chi connectivity index (χ2n) is 6.44. The van der Waals surface area contributed by atoms with E-state index in [-0.39, 0.29) is 22.6 Å². The summed E-state index contributed by atoms with van der Waals surface area (Å²) < 4.78 is 35.8. The third-order valence-electron chi connectivity index (χ3n) is 4.71. The molecule has 1 N–H and O–H groups in total. The Balaban J connectivity index is 2.01. The zero-order valence-electron chi connectivity index (χ0n) is 13.3. The van der Waals surface area contributed by atoms with Gasteiger partial charge >= 0.3 is 6.16 Å². The van der Waals surface area contributed by atoms with Crippen molar-refractivity contribution in [2.24, 2.45) is 0 Å². The lowest BCUT2D eigenvalue weighted by Gasteiger charge is -2.21. The molecule has 132 valence electrons. The van der Waals surface area contributed by atoms with E-state index < -0.39 is 29.0 Å². The molecule has 1 aromatic heterocycles. The predicted molar refractivity (Wildman–Crippen MR) is 86.5 cm³/mol. The molecule has 4 rings (SSSR count). The molecule has 0 atom stereocenters. The average molecular weight is 350 g/mol. The first-order valence-corrected chi connectivity index (χ1v) is 8.20. The van der Waals surface area contributed by atoms with Crippen LogP contribution in [0.25, 0.3) is 10.9 Å². The van der Waals surface area contributed by atoms with E-state index in [9.17, 15) is 14.0 Å². The van der Waals surface area contributed by atoms with Gasteiger partial charge < -0.3 is 19.3 Å². The van der Waals surface area contributed by atoms with Crippen LogP contribution in [0.15, 0.2) is 17.1 Å². The summed E-state index contributed by atoms with van der Waals surface area (Å²) in [7, 11) is 0. The number of carbonyl (C=O) groups is 1. The number of fused-ring (bicyclic) bond motifs is 1. The Labute approximate surface area is 141 Å². The molecule has 0 bridgehead atoms. The molecule has 1 saturated carbocycles. The second kappa shape index (κ2) is 5.72. The van der Waals surface area contributed by atoms with Crippen LogP contribution in [-0.2, 0) is 0 Å². The molecule has 0 radical (unpaired) electrons. The Morgan fingerprint density at radius 3 is 2.52 bits per heavy atom. The van der Waals surface area contributed by atoms with Crippen molar-refractivity contribution >= 4 is 22.7 Å². The van der Waals surface area contributed by atoms with Crippen molar-refractivity contribution in [1.29, 1.82) is 0 Å². The summed E-state index contributed by atoms with van der Waals surface area (Å²) in [6.45, 7) is 1.13. The fourth-order valence-electron chi connectivity index (χ4n) is 3.44. The third-order valence-corrected chi connectivity index (χ3v) is 4.71. The highest BCUT2D eigenvalue weighted by atomic mass is 19.1. The molecule has 1 aliphatic carbocycles. The van der Waals surface area contributed by atoms with Gasteiger partial charge in [-0.2, -0.15) is 0 Å². The number of nitrogens with zero attached hydrogens (tertiary/aromatic N) is 2. The fraction of sp³-hybridized carbons (Fsp3) is 0.412. The van der Waals surface area contributed by atoms with Gasteiger partial charge in [-0.15, -0.1) is 0 Å². The van der Waals surface area contributed by atoms with Crippen LogP contribution in [0.2, 0.25) is 0 Å². The summed E-state index contributed by atoms with van der Waals surface area (Å²) in [6, 6.07) is 0.938. The van der Waals surface area contributed by atoms with E-state index in [0.29, 0.717) is 13.1 Å². The van der Waals surface area contributed by atoms with Crippen LogP contribution in [0.4, 0.5) is 19.3 Å². The number of benzene rings is 1. The molecule has 1 saturated heterocycles. The molecule has 0 spiro atoms. The minimum absolute atomic E-state index is 0.00791. The minimum atomic E-state index is -1.64. The zero-order chi connectivity index (χ0) is 17.7. The summed E-state index contributed by atoms with van der Waals surface area (Å²) in [6.07, 6.45) is 2.84. The molecule has 2 fully saturated rings. The molecule has 0 amide bonds. The van der Waals surface area contributed by atoms with E-state index in [4.69, 9.17) is 5.11 Å². The van der Waals surface area contributed by atoms with Gasteiger partial charge in [0, 0.05) is 19.1 Å². The molecule has 0 unspecified atom stereocenters. The van der Waals surface area contributed by atoms with Gasteiger partial charge in [-0.1, -0.05) is 0 Å². The van der Waals surface area contributed by atoms with Gasteiger partial charge in [-0.25, -0.2) is 13.6 Å². The van der Waals surface area contributed by atoms with Crippen LogP contribution in [0.1, 0.15) is 31.7 Å². The molecular weight excluding hydrogens is 334 g/mol. The van der Waals surface area contributed by atoms with Crippen molar-refractivity contribution < 1.29 is 23.4 Å². The Morgan fingerprint density at radius 1 is 1.24 bits per heavy atom. The van der Waals surface area contributed by atoms with E-state index in [1.165, 1.54) is 10.8 Å². The maximum absolute atomic E-state index is 15.2. The summed E-state index contributed by atoms with van der Waals surface area (Å²) in [5.41, 5.74) is -0.945. The number of rotatable bonds is 3. The van der Waals surface area contributed by atoms with Crippen LogP contribution >= 0.6 is 0 Å². The first-order chi connectivity index (χ1) is 12.0. The van der Waals surface area contributed by atoms with Crippen LogP contribution in [0.5, 0.6) is 5.75 Å². The quantitative estimate of drug-likeness (QED) is 0.860. The van der Waals surface area contributed by atoms with Crippen molar-refractivity contribution in [3.05, 3.63) is 34.1 Å². The van der Waals surface area contributed by atoms with Crippen molar-refractivity contribution in [3.8, 4) is 5.75 Å². The molecule has 6 nitrogen and oxygen atoms in total.